The molecular weight excluding hydrogens is 380 g/mol. The minimum atomic E-state index is 0.726. The van der Waals surface area contributed by atoms with Gasteiger partial charge in [0.05, 0.1) is 26.0 Å². The van der Waals surface area contributed by atoms with Gasteiger partial charge in [-0.3, -0.25) is 0 Å². The number of nitrogens with zero attached hydrogens (tertiary/aromatic N) is 4. The zero-order valence-electron chi connectivity index (χ0n) is 13.8. The van der Waals surface area contributed by atoms with Crippen molar-refractivity contribution in [2.24, 2.45) is 17.1 Å². The van der Waals surface area contributed by atoms with E-state index in [9.17, 15) is 0 Å². The number of hydrogen-bond acceptors (Lipinski definition) is 4. The summed E-state index contributed by atoms with van der Waals surface area (Å²) in [4.78, 5) is 4.23. The van der Waals surface area contributed by atoms with E-state index in [1.54, 1.807) is 6.21 Å². The molecule has 2 N–H and O–H groups in total. The van der Waals surface area contributed by atoms with Crippen LogP contribution in [-0.4, -0.2) is 29.7 Å². The van der Waals surface area contributed by atoms with Crippen LogP contribution in [0.1, 0.15) is 5.56 Å². The van der Waals surface area contributed by atoms with Crippen molar-refractivity contribution in [1.29, 1.82) is 0 Å². The molecule has 25 heavy (non-hydrogen) atoms. The van der Waals surface area contributed by atoms with E-state index in [0.717, 1.165) is 46.1 Å². The quantitative estimate of drug-likeness (QED) is 0.403. The number of halogens is 1. The van der Waals surface area contributed by atoms with Gasteiger partial charge in [-0.05, 0) is 23.8 Å². The predicted molar refractivity (Wildman–Crippen MR) is 103 cm³/mol. The standard InChI is InChI=1S/C18H18BrN6/c1-24-15-4-2-3-11-25(15)17(19)16(24)14-7-5-13(6-8-14)12-22-23-18-20-9-10-21-18/h2-8,11-12H,9-10H2,1H3,(H2,20,21,23)/q+1/b22-12+. The highest BCUT2D eigenvalue weighted by Gasteiger charge is 2.22. The van der Waals surface area contributed by atoms with Gasteiger partial charge in [0, 0.05) is 34.1 Å². The topological polar surface area (TPSA) is 57.1 Å². The first kappa shape index (κ1) is 15.8. The maximum Gasteiger partial charge on any atom is 0.287 e. The average Bonchev–Trinajstić information content (AvgIpc) is 3.24. The highest BCUT2D eigenvalue weighted by Crippen LogP contribution is 2.27. The van der Waals surface area contributed by atoms with Gasteiger partial charge in [-0.25, -0.2) is 15.0 Å². The first-order valence-corrected chi connectivity index (χ1v) is 8.86. The number of aliphatic imine (C=N–C) groups is 1. The van der Waals surface area contributed by atoms with Gasteiger partial charge in [0.1, 0.15) is 0 Å². The summed E-state index contributed by atoms with van der Waals surface area (Å²) in [5.74, 6) is 0.726. The molecule has 0 aliphatic carbocycles. The Morgan fingerprint density at radius 2 is 2.12 bits per heavy atom. The SMILES string of the molecule is C[n+]1c(-c2ccc(/C=N/NC3=NCCN3)cc2)c(Br)n2ccccc21. The third-order valence-corrected chi connectivity index (χ3v) is 4.92. The molecule has 0 spiro atoms. The van der Waals surface area contributed by atoms with Crippen molar-refractivity contribution in [2.75, 3.05) is 13.1 Å². The van der Waals surface area contributed by atoms with E-state index in [-0.39, 0.29) is 0 Å². The normalized spacial score (nSPS) is 14.1. The second kappa shape index (κ2) is 6.68. The molecule has 3 aromatic rings. The number of hydrazone groups is 1. The Morgan fingerprint density at radius 3 is 2.84 bits per heavy atom. The fourth-order valence-corrected chi connectivity index (χ4v) is 3.72. The summed E-state index contributed by atoms with van der Waals surface area (Å²) in [6.45, 7) is 1.66. The minimum absolute atomic E-state index is 0.726. The lowest BCUT2D eigenvalue weighted by atomic mass is 10.1. The lowest BCUT2D eigenvalue weighted by Gasteiger charge is -2.01. The largest absolute Gasteiger partial charge is 0.353 e. The molecule has 0 unspecified atom stereocenters. The number of aromatic nitrogens is 2. The van der Waals surface area contributed by atoms with Crippen LogP contribution in [-0.2, 0) is 7.05 Å². The van der Waals surface area contributed by atoms with Gasteiger partial charge in [-0.2, -0.15) is 9.50 Å². The second-order valence-electron chi connectivity index (χ2n) is 5.78. The van der Waals surface area contributed by atoms with Gasteiger partial charge in [0.2, 0.25) is 10.6 Å². The number of benzene rings is 1. The van der Waals surface area contributed by atoms with Crippen molar-refractivity contribution in [3.8, 4) is 11.3 Å². The van der Waals surface area contributed by atoms with Crippen LogP contribution in [0.2, 0.25) is 0 Å². The van der Waals surface area contributed by atoms with Gasteiger partial charge in [0.25, 0.3) is 5.65 Å². The first-order valence-electron chi connectivity index (χ1n) is 8.06. The van der Waals surface area contributed by atoms with Crippen LogP contribution >= 0.6 is 15.9 Å². The molecule has 1 aliphatic heterocycles. The van der Waals surface area contributed by atoms with Crippen molar-refractivity contribution < 1.29 is 4.57 Å². The van der Waals surface area contributed by atoms with Crippen LogP contribution in [0.4, 0.5) is 0 Å². The van der Waals surface area contributed by atoms with Crippen molar-refractivity contribution in [2.45, 2.75) is 0 Å². The minimum Gasteiger partial charge on any atom is -0.353 e. The number of aryl methyl sites for hydroxylation is 1. The smallest absolute Gasteiger partial charge is 0.287 e. The van der Waals surface area contributed by atoms with Crippen LogP contribution in [0.25, 0.3) is 16.9 Å². The zero-order chi connectivity index (χ0) is 17.2. The lowest BCUT2D eigenvalue weighted by molar-refractivity contribution is -0.633. The Labute approximate surface area is 154 Å². The Hall–Kier alpha value is -2.67. The number of guanidine groups is 1. The van der Waals surface area contributed by atoms with E-state index in [2.05, 4.69) is 89.3 Å². The number of nitrogens with one attached hydrogen (secondary N) is 2. The molecule has 0 radical (unpaired) electrons. The number of pyridine rings is 1. The molecule has 4 rings (SSSR count). The molecule has 0 atom stereocenters. The van der Waals surface area contributed by atoms with Gasteiger partial charge >= 0.3 is 0 Å². The summed E-state index contributed by atoms with van der Waals surface area (Å²) in [5.41, 5.74) is 7.34. The van der Waals surface area contributed by atoms with Crippen LogP contribution in [0.3, 0.4) is 0 Å². The van der Waals surface area contributed by atoms with E-state index in [1.165, 1.54) is 0 Å². The lowest BCUT2D eigenvalue weighted by Crippen LogP contribution is -2.30. The molecule has 1 aromatic carbocycles. The molecular formula is C18H18BrN6+. The maximum atomic E-state index is 4.23. The second-order valence-corrected chi connectivity index (χ2v) is 6.53. The molecule has 3 heterocycles. The van der Waals surface area contributed by atoms with E-state index >= 15 is 0 Å². The predicted octanol–water partition coefficient (Wildman–Crippen LogP) is 2.08. The summed E-state index contributed by atoms with van der Waals surface area (Å²) in [7, 11) is 2.07. The Balaban J connectivity index is 1.59. The summed E-state index contributed by atoms with van der Waals surface area (Å²) in [5, 5.41) is 7.32. The van der Waals surface area contributed by atoms with E-state index in [4.69, 9.17) is 0 Å². The molecule has 2 aromatic heterocycles. The summed E-state index contributed by atoms with van der Waals surface area (Å²) >= 11 is 3.72. The van der Waals surface area contributed by atoms with Crippen molar-refractivity contribution in [3.05, 3.63) is 58.8 Å². The Morgan fingerprint density at radius 1 is 1.28 bits per heavy atom. The molecule has 1 aliphatic rings. The summed E-state index contributed by atoms with van der Waals surface area (Å²) < 4.78 is 5.35. The molecule has 7 heteroatoms. The number of imidazole rings is 1. The summed E-state index contributed by atoms with van der Waals surface area (Å²) in [6, 6.07) is 14.5. The third kappa shape index (κ3) is 3.02. The molecule has 0 saturated heterocycles. The van der Waals surface area contributed by atoms with Crippen molar-refractivity contribution in [1.82, 2.24) is 15.1 Å². The van der Waals surface area contributed by atoms with Gasteiger partial charge in [0.15, 0.2) is 5.69 Å². The Kier molecular flexibility index (Phi) is 4.23. The number of rotatable bonds is 3. The highest BCUT2D eigenvalue weighted by molar-refractivity contribution is 9.10. The van der Waals surface area contributed by atoms with Gasteiger partial charge in [-0.15, -0.1) is 0 Å². The van der Waals surface area contributed by atoms with Crippen molar-refractivity contribution >= 4 is 33.8 Å². The molecule has 0 bridgehead atoms. The van der Waals surface area contributed by atoms with E-state index in [0.29, 0.717) is 0 Å². The van der Waals surface area contributed by atoms with Crippen LogP contribution < -0.4 is 15.3 Å². The van der Waals surface area contributed by atoms with Crippen molar-refractivity contribution in [3.63, 3.8) is 0 Å². The average molecular weight is 398 g/mol. The van der Waals surface area contributed by atoms with Gasteiger partial charge in [-0.1, -0.05) is 18.2 Å². The fraction of sp³-hybridized carbons (Fsp3) is 0.167. The van der Waals surface area contributed by atoms with Gasteiger partial charge < -0.3 is 5.32 Å². The summed E-state index contributed by atoms with van der Waals surface area (Å²) in [6.07, 6.45) is 3.84. The highest BCUT2D eigenvalue weighted by atomic mass is 79.9. The van der Waals surface area contributed by atoms with E-state index in [1.807, 2.05) is 12.1 Å². The Bertz CT molecular complexity index is 932. The van der Waals surface area contributed by atoms with Crippen LogP contribution in [0.15, 0.2) is 63.4 Å². The fourth-order valence-electron chi connectivity index (χ4n) is 2.92. The van der Waals surface area contributed by atoms with Crippen LogP contribution in [0.5, 0.6) is 0 Å². The molecule has 0 saturated carbocycles. The van der Waals surface area contributed by atoms with E-state index < -0.39 is 0 Å². The monoisotopic (exact) mass is 397 g/mol. The third-order valence-electron chi connectivity index (χ3n) is 4.17. The van der Waals surface area contributed by atoms with Crippen LogP contribution in [0, 0.1) is 0 Å². The maximum absolute atomic E-state index is 4.23. The molecule has 0 amide bonds. The first-order chi connectivity index (χ1) is 12.2. The number of hydrogen-bond donors (Lipinski definition) is 2. The zero-order valence-corrected chi connectivity index (χ0v) is 15.4. The molecule has 126 valence electrons. The molecule has 6 nitrogen and oxygen atoms in total. The molecule has 0 fully saturated rings. The number of fused-ring (bicyclic) bond motifs is 1.